The van der Waals surface area contributed by atoms with Crippen molar-refractivity contribution in [2.24, 2.45) is 0 Å². The van der Waals surface area contributed by atoms with Crippen molar-refractivity contribution in [2.45, 2.75) is 26.3 Å². The Morgan fingerprint density at radius 3 is 2.40 bits per heavy atom. The molecular formula is C21H22N2OS. The minimum Gasteiger partial charge on any atom is -0.390 e. The SMILES string of the molecule is CC(C)c1ccc(-c2csc(N)c2C(=O)NCc2ccccc2)cc1. The maximum atomic E-state index is 12.7. The minimum absolute atomic E-state index is 0.134. The predicted molar refractivity (Wildman–Crippen MR) is 106 cm³/mol. The van der Waals surface area contributed by atoms with Gasteiger partial charge in [0.25, 0.3) is 5.91 Å². The summed E-state index contributed by atoms with van der Waals surface area (Å²) in [5.41, 5.74) is 10.9. The average molecular weight is 350 g/mol. The maximum Gasteiger partial charge on any atom is 0.255 e. The van der Waals surface area contributed by atoms with Crippen molar-refractivity contribution in [1.82, 2.24) is 5.32 Å². The first kappa shape index (κ1) is 17.2. The number of carbonyl (C=O) groups is 1. The van der Waals surface area contributed by atoms with Crippen LogP contribution < -0.4 is 11.1 Å². The molecule has 3 nitrogen and oxygen atoms in total. The molecule has 128 valence electrons. The summed E-state index contributed by atoms with van der Waals surface area (Å²) in [5.74, 6) is 0.348. The van der Waals surface area contributed by atoms with Crippen molar-refractivity contribution < 1.29 is 4.79 Å². The van der Waals surface area contributed by atoms with Crippen molar-refractivity contribution in [3.8, 4) is 11.1 Å². The van der Waals surface area contributed by atoms with Gasteiger partial charge in [0, 0.05) is 17.5 Å². The summed E-state index contributed by atoms with van der Waals surface area (Å²) in [6.07, 6.45) is 0. The molecule has 4 heteroatoms. The average Bonchev–Trinajstić information content (AvgIpc) is 3.02. The smallest absolute Gasteiger partial charge is 0.255 e. The first-order valence-electron chi connectivity index (χ1n) is 8.35. The van der Waals surface area contributed by atoms with E-state index in [-0.39, 0.29) is 5.91 Å². The molecule has 0 radical (unpaired) electrons. The lowest BCUT2D eigenvalue weighted by molar-refractivity contribution is 0.0953. The highest BCUT2D eigenvalue weighted by Gasteiger charge is 2.18. The lowest BCUT2D eigenvalue weighted by Gasteiger charge is -2.10. The number of anilines is 1. The second-order valence-corrected chi connectivity index (χ2v) is 7.24. The lowest BCUT2D eigenvalue weighted by atomic mass is 9.98. The summed E-state index contributed by atoms with van der Waals surface area (Å²) in [4.78, 5) is 12.7. The minimum atomic E-state index is -0.134. The van der Waals surface area contributed by atoms with Gasteiger partial charge in [-0.3, -0.25) is 4.79 Å². The highest BCUT2D eigenvalue weighted by molar-refractivity contribution is 7.15. The summed E-state index contributed by atoms with van der Waals surface area (Å²) < 4.78 is 0. The van der Waals surface area contributed by atoms with E-state index in [0.29, 0.717) is 23.0 Å². The number of nitrogen functional groups attached to an aromatic ring is 1. The topological polar surface area (TPSA) is 55.1 Å². The van der Waals surface area contributed by atoms with E-state index in [1.165, 1.54) is 16.9 Å². The van der Waals surface area contributed by atoms with Crippen LogP contribution in [-0.2, 0) is 6.54 Å². The van der Waals surface area contributed by atoms with Crippen LogP contribution in [0.15, 0.2) is 60.0 Å². The zero-order valence-electron chi connectivity index (χ0n) is 14.5. The first-order valence-corrected chi connectivity index (χ1v) is 9.23. The van der Waals surface area contributed by atoms with Crippen LogP contribution in [0.5, 0.6) is 0 Å². The Labute approximate surface area is 152 Å². The van der Waals surface area contributed by atoms with Crippen LogP contribution in [0.25, 0.3) is 11.1 Å². The monoisotopic (exact) mass is 350 g/mol. The summed E-state index contributed by atoms with van der Waals surface area (Å²) >= 11 is 1.40. The molecule has 3 rings (SSSR count). The molecule has 0 aliphatic heterocycles. The number of hydrogen-bond donors (Lipinski definition) is 2. The number of nitrogens with one attached hydrogen (secondary N) is 1. The van der Waals surface area contributed by atoms with Gasteiger partial charge in [0.1, 0.15) is 0 Å². The van der Waals surface area contributed by atoms with Crippen LogP contribution in [0.3, 0.4) is 0 Å². The molecule has 0 fully saturated rings. The number of hydrogen-bond acceptors (Lipinski definition) is 3. The van der Waals surface area contributed by atoms with Crippen molar-refractivity contribution in [2.75, 3.05) is 5.73 Å². The third kappa shape index (κ3) is 3.91. The van der Waals surface area contributed by atoms with Gasteiger partial charge in [-0.25, -0.2) is 0 Å². The van der Waals surface area contributed by atoms with Gasteiger partial charge in [0.05, 0.1) is 10.6 Å². The third-order valence-electron chi connectivity index (χ3n) is 4.23. The molecule has 0 saturated heterocycles. The third-order valence-corrected chi connectivity index (χ3v) is 5.04. The summed E-state index contributed by atoms with van der Waals surface area (Å²) in [7, 11) is 0. The molecule has 25 heavy (non-hydrogen) atoms. The van der Waals surface area contributed by atoms with Crippen LogP contribution in [0.2, 0.25) is 0 Å². The van der Waals surface area contributed by atoms with Crippen molar-refractivity contribution in [1.29, 1.82) is 0 Å². The largest absolute Gasteiger partial charge is 0.390 e. The zero-order valence-corrected chi connectivity index (χ0v) is 15.3. The van der Waals surface area contributed by atoms with E-state index in [9.17, 15) is 4.79 Å². The lowest BCUT2D eigenvalue weighted by Crippen LogP contribution is -2.23. The van der Waals surface area contributed by atoms with Crippen molar-refractivity contribution in [3.05, 3.63) is 76.7 Å². The quantitative estimate of drug-likeness (QED) is 0.676. The van der Waals surface area contributed by atoms with Crippen LogP contribution in [0.1, 0.15) is 41.3 Å². The van der Waals surface area contributed by atoms with E-state index in [1.54, 1.807) is 0 Å². The molecule has 1 heterocycles. The van der Waals surface area contributed by atoms with Gasteiger partial charge >= 0.3 is 0 Å². The Morgan fingerprint density at radius 1 is 1.08 bits per heavy atom. The molecule has 0 saturated carbocycles. The van der Waals surface area contributed by atoms with Crippen LogP contribution in [0.4, 0.5) is 5.00 Å². The first-order chi connectivity index (χ1) is 12.1. The van der Waals surface area contributed by atoms with E-state index in [0.717, 1.165) is 16.7 Å². The molecule has 3 aromatic rings. The molecule has 0 bridgehead atoms. The molecular weight excluding hydrogens is 328 g/mol. The molecule has 3 N–H and O–H groups in total. The Hall–Kier alpha value is -2.59. The number of benzene rings is 2. The van der Waals surface area contributed by atoms with E-state index in [2.05, 4.69) is 43.4 Å². The molecule has 0 spiro atoms. The van der Waals surface area contributed by atoms with E-state index >= 15 is 0 Å². The van der Waals surface area contributed by atoms with Gasteiger partial charge in [0.2, 0.25) is 0 Å². The predicted octanol–water partition coefficient (Wildman–Crippen LogP) is 5.05. The van der Waals surface area contributed by atoms with Crippen LogP contribution in [0, 0.1) is 0 Å². The second-order valence-electron chi connectivity index (χ2n) is 6.33. The van der Waals surface area contributed by atoms with Gasteiger partial charge in [-0.1, -0.05) is 68.4 Å². The Morgan fingerprint density at radius 2 is 1.76 bits per heavy atom. The second kappa shape index (κ2) is 7.53. The molecule has 0 atom stereocenters. The fraction of sp³-hybridized carbons (Fsp3) is 0.190. The van der Waals surface area contributed by atoms with Gasteiger partial charge in [0.15, 0.2) is 0 Å². The number of rotatable bonds is 5. The molecule has 0 unspecified atom stereocenters. The molecule has 1 aromatic heterocycles. The van der Waals surface area contributed by atoms with Crippen molar-refractivity contribution >= 4 is 22.2 Å². The fourth-order valence-corrected chi connectivity index (χ4v) is 3.55. The zero-order chi connectivity index (χ0) is 17.8. The fourth-order valence-electron chi connectivity index (χ4n) is 2.73. The van der Waals surface area contributed by atoms with Crippen LogP contribution in [-0.4, -0.2) is 5.91 Å². The normalized spacial score (nSPS) is 10.8. The van der Waals surface area contributed by atoms with Gasteiger partial charge < -0.3 is 11.1 Å². The highest BCUT2D eigenvalue weighted by Crippen LogP contribution is 2.34. The Balaban J connectivity index is 1.82. The van der Waals surface area contributed by atoms with Gasteiger partial charge in [-0.2, -0.15) is 0 Å². The van der Waals surface area contributed by atoms with Gasteiger partial charge in [-0.05, 0) is 22.6 Å². The number of amides is 1. The molecule has 2 aromatic carbocycles. The Bertz CT molecular complexity index is 851. The van der Waals surface area contributed by atoms with E-state index in [1.807, 2.05) is 35.7 Å². The number of carbonyl (C=O) groups excluding carboxylic acids is 1. The summed E-state index contributed by atoms with van der Waals surface area (Å²) in [6.45, 7) is 4.82. The van der Waals surface area contributed by atoms with Gasteiger partial charge in [-0.15, -0.1) is 11.3 Å². The Kier molecular flexibility index (Phi) is 5.19. The number of nitrogens with two attached hydrogens (primary N) is 1. The van der Waals surface area contributed by atoms with E-state index in [4.69, 9.17) is 5.73 Å². The summed E-state index contributed by atoms with van der Waals surface area (Å²) in [6, 6.07) is 18.2. The standard InChI is InChI=1S/C21H22N2OS/c1-14(2)16-8-10-17(11-9-16)18-13-25-20(22)19(18)21(24)23-12-15-6-4-3-5-7-15/h3-11,13-14H,12,22H2,1-2H3,(H,23,24). The van der Waals surface area contributed by atoms with Crippen LogP contribution >= 0.6 is 11.3 Å². The van der Waals surface area contributed by atoms with E-state index < -0.39 is 0 Å². The molecule has 0 aliphatic rings. The maximum absolute atomic E-state index is 12.7. The summed E-state index contributed by atoms with van der Waals surface area (Å²) in [5, 5.41) is 5.47. The molecule has 0 aliphatic carbocycles. The number of thiophene rings is 1. The molecule has 1 amide bonds. The van der Waals surface area contributed by atoms with Crippen molar-refractivity contribution in [3.63, 3.8) is 0 Å². The highest BCUT2D eigenvalue weighted by atomic mass is 32.1.